The molecule has 1 unspecified atom stereocenters. The van der Waals surface area contributed by atoms with E-state index in [0.717, 1.165) is 28.3 Å². The quantitative estimate of drug-likeness (QED) is 0.767. The molecule has 1 aliphatic heterocycles. The topological polar surface area (TPSA) is 32.3 Å². The summed E-state index contributed by atoms with van der Waals surface area (Å²) in [5.41, 5.74) is 2.78. The van der Waals surface area contributed by atoms with E-state index in [1.165, 1.54) is 12.1 Å². The van der Waals surface area contributed by atoms with Crippen molar-refractivity contribution in [2.24, 2.45) is 5.92 Å². The van der Waals surface area contributed by atoms with E-state index in [-0.39, 0.29) is 5.91 Å². The lowest BCUT2D eigenvalue weighted by atomic mass is 10.2. The number of carbonyl (C=O) groups excluding carboxylic acids is 1. The molecule has 0 radical (unpaired) electrons. The van der Waals surface area contributed by atoms with Crippen molar-refractivity contribution in [3.05, 3.63) is 57.7 Å². The number of hydrogen-bond donors (Lipinski definition) is 1. The van der Waals surface area contributed by atoms with E-state index in [4.69, 9.17) is 0 Å². The van der Waals surface area contributed by atoms with Gasteiger partial charge in [-0.25, -0.2) is 0 Å². The number of benzene rings is 2. The maximum absolute atomic E-state index is 12.3. The zero-order valence-corrected chi connectivity index (χ0v) is 14.7. The van der Waals surface area contributed by atoms with Crippen LogP contribution in [0.15, 0.2) is 48.5 Å². The lowest BCUT2D eigenvalue weighted by Gasteiger charge is -2.18. The minimum absolute atomic E-state index is 0.0625. The van der Waals surface area contributed by atoms with Crippen molar-refractivity contribution in [3.63, 3.8) is 0 Å². The van der Waals surface area contributed by atoms with Gasteiger partial charge in [0.15, 0.2) is 0 Å². The van der Waals surface area contributed by atoms with Crippen LogP contribution in [-0.2, 0) is 0 Å². The largest absolute Gasteiger partial charge is 0.371 e. The Balaban J connectivity index is 1.69. The molecule has 1 saturated heterocycles. The van der Waals surface area contributed by atoms with Gasteiger partial charge in [-0.3, -0.25) is 4.79 Å². The monoisotopic (exact) mass is 406 g/mol. The highest BCUT2D eigenvalue weighted by molar-refractivity contribution is 14.1. The minimum Gasteiger partial charge on any atom is -0.371 e. The van der Waals surface area contributed by atoms with Crippen LogP contribution < -0.4 is 10.2 Å². The lowest BCUT2D eigenvalue weighted by Crippen LogP contribution is -2.19. The molecule has 0 saturated carbocycles. The fourth-order valence-corrected chi connectivity index (χ4v) is 3.40. The summed E-state index contributed by atoms with van der Waals surface area (Å²) >= 11 is 2.18. The van der Waals surface area contributed by atoms with Crippen LogP contribution in [0.5, 0.6) is 0 Å². The molecule has 4 heteroatoms. The van der Waals surface area contributed by atoms with Crippen molar-refractivity contribution in [2.75, 3.05) is 23.3 Å². The van der Waals surface area contributed by atoms with Crippen LogP contribution in [0, 0.1) is 9.49 Å². The number of rotatable bonds is 3. The highest BCUT2D eigenvalue weighted by atomic mass is 127. The zero-order chi connectivity index (χ0) is 15.5. The van der Waals surface area contributed by atoms with Gasteiger partial charge in [0.05, 0.1) is 5.56 Å². The molecule has 0 aromatic heterocycles. The summed E-state index contributed by atoms with van der Waals surface area (Å²) in [5, 5.41) is 2.96. The van der Waals surface area contributed by atoms with Crippen molar-refractivity contribution in [1.82, 2.24) is 0 Å². The molecular weight excluding hydrogens is 387 g/mol. The third-order valence-electron chi connectivity index (χ3n) is 4.03. The molecule has 3 nitrogen and oxygen atoms in total. The molecule has 114 valence electrons. The fourth-order valence-electron chi connectivity index (χ4n) is 2.77. The maximum atomic E-state index is 12.3. The van der Waals surface area contributed by atoms with Gasteiger partial charge in [0.2, 0.25) is 0 Å². The molecular formula is C18H19IN2O. The van der Waals surface area contributed by atoms with E-state index in [2.05, 4.69) is 51.9 Å². The van der Waals surface area contributed by atoms with Crippen molar-refractivity contribution in [2.45, 2.75) is 13.3 Å². The SMILES string of the molecule is CC1CCN(c2ccc(NC(=O)c3ccccc3I)cc2)C1. The molecule has 2 aromatic rings. The number of amides is 1. The van der Waals surface area contributed by atoms with Crippen molar-refractivity contribution in [1.29, 1.82) is 0 Å². The molecule has 0 spiro atoms. The van der Waals surface area contributed by atoms with Crippen LogP contribution in [0.1, 0.15) is 23.7 Å². The van der Waals surface area contributed by atoms with Gasteiger partial charge in [-0.1, -0.05) is 19.1 Å². The summed E-state index contributed by atoms with van der Waals surface area (Å²) in [6.07, 6.45) is 1.25. The molecule has 2 aromatic carbocycles. The summed E-state index contributed by atoms with van der Waals surface area (Å²) in [6.45, 7) is 4.53. The average molecular weight is 406 g/mol. The Kier molecular flexibility index (Phi) is 4.66. The van der Waals surface area contributed by atoms with Gasteiger partial charge < -0.3 is 10.2 Å². The molecule has 0 bridgehead atoms. The van der Waals surface area contributed by atoms with Gasteiger partial charge in [-0.05, 0) is 71.3 Å². The van der Waals surface area contributed by atoms with Gasteiger partial charge in [-0.15, -0.1) is 0 Å². The smallest absolute Gasteiger partial charge is 0.256 e. The molecule has 22 heavy (non-hydrogen) atoms. The van der Waals surface area contributed by atoms with E-state index < -0.39 is 0 Å². The lowest BCUT2D eigenvalue weighted by molar-refractivity contribution is 0.102. The molecule has 1 atom stereocenters. The first-order chi connectivity index (χ1) is 10.6. The fraction of sp³-hybridized carbons (Fsp3) is 0.278. The van der Waals surface area contributed by atoms with E-state index >= 15 is 0 Å². The van der Waals surface area contributed by atoms with E-state index in [1.54, 1.807) is 0 Å². The Morgan fingerprint density at radius 3 is 2.55 bits per heavy atom. The first-order valence-electron chi connectivity index (χ1n) is 7.54. The highest BCUT2D eigenvalue weighted by Gasteiger charge is 2.18. The standard InChI is InChI=1S/C18H19IN2O/c1-13-10-11-21(12-13)15-8-6-14(7-9-15)20-18(22)16-4-2-3-5-17(16)19/h2-9,13H,10-12H2,1H3,(H,20,22). The van der Waals surface area contributed by atoms with Crippen molar-refractivity contribution in [3.8, 4) is 0 Å². The van der Waals surface area contributed by atoms with Crippen LogP contribution in [0.3, 0.4) is 0 Å². The van der Waals surface area contributed by atoms with E-state index in [1.807, 2.05) is 36.4 Å². The predicted molar refractivity (Wildman–Crippen MR) is 99.5 cm³/mol. The van der Waals surface area contributed by atoms with Gasteiger partial charge >= 0.3 is 0 Å². The van der Waals surface area contributed by atoms with Gasteiger partial charge in [0.1, 0.15) is 0 Å². The third-order valence-corrected chi connectivity index (χ3v) is 4.97. The molecule has 0 aliphatic carbocycles. The second-order valence-corrected chi connectivity index (χ2v) is 6.98. The number of nitrogens with one attached hydrogen (secondary N) is 1. The van der Waals surface area contributed by atoms with Crippen LogP contribution >= 0.6 is 22.6 Å². The summed E-state index contributed by atoms with van der Waals surface area (Å²) < 4.78 is 0.959. The maximum Gasteiger partial charge on any atom is 0.256 e. The summed E-state index contributed by atoms with van der Waals surface area (Å²) in [6, 6.07) is 15.7. The van der Waals surface area contributed by atoms with E-state index in [0.29, 0.717) is 5.56 Å². The molecule has 1 N–H and O–H groups in total. The van der Waals surface area contributed by atoms with Crippen LogP contribution in [0.2, 0.25) is 0 Å². The Bertz CT molecular complexity index is 669. The normalized spacial score (nSPS) is 17.5. The summed E-state index contributed by atoms with van der Waals surface area (Å²) in [7, 11) is 0. The highest BCUT2D eigenvalue weighted by Crippen LogP contribution is 2.25. The minimum atomic E-state index is -0.0625. The molecule has 1 aliphatic rings. The third kappa shape index (κ3) is 3.43. The Labute approximate surface area is 144 Å². The van der Waals surface area contributed by atoms with E-state index in [9.17, 15) is 4.79 Å². The predicted octanol–water partition coefficient (Wildman–Crippen LogP) is 4.39. The van der Waals surface area contributed by atoms with Crippen LogP contribution in [0.25, 0.3) is 0 Å². The Morgan fingerprint density at radius 1 is 1.18 bits per heavy atom. The molecule has 3 rings (SSSR count). The summed E-state index contributed by atoms with van der Waals surface area (Å²) in [5.74, 6) is 0.701. The molecule has 1 fully saturated rings. The van der Waals surface area contributed by atoms with Crippen LogP contribution in [0.4, 0.5) is 11.4 Å². The Hall–Kier alpha value is -1.56. The number of carbonyl (C=O) groups is 1. The van der Waals surface area contributed by atoms with Gasteiger partial charge in [0.25, 0.3) is 5.91 Å². The second kappa shape index (κ2) is 6.69. The molecule has 1 heterocycles. The van der Waals surface area contributed by atoms with Gasteiger partial charge in [-0.2, -0.15) is 0 Å². The number of anilines is 2. The van der Waals surface area contributed by atoms with Gasteiger partial charge in [0, 0.05) is 28.0 Å². The number of halogens is 1. The molecule has 1 amide bonds. The average Bonchev–Trinajstić information content (AvgIpc) is 2.95. The summed E-state index contributed by atoms with van der Waals surface area (Å²) in [4.78, 5) is 14.7. The first kappa shape index (κ1) is 15.3. The second-order valence-electron chi connectivity index (χ2n) is 5.82. The van der Waals surface area contributed by atoms with Crippen molar-refractivity contribution < 1.29 is 4.79 Å². The number of hydrogen-bond acceptors (Lipinski definition) is 2. The Morgan fingerprint density at radius 2 is 1.91 bits per heavy atom. The zero-order valence-electron chi connectivity index (χ0n) is 12.6. The number of nitrogens with zero attached hydrogens (tertiary/aromatic N) is 1. The first-order valence-corrected chi connectivity index (χ1v) is 8.62. The van der Waals surface area contributed by atoms with Crippen LogP contribution in [-0.4, -0.2) is 19.0 Å². The van der Waals surface area contributed by atoms with Crippen molar-refractivity contribution >= 4 is 39.9 Å².